The lowest BCUT2D eigenvalue weighted by atomic mass is 9.86. The maximum absolute atomic E-state index is 12.4. The van der Waals surface area contributed by atoms with Gasteiger partial charge in [-0.1, -0.05) is 56.1 Å². The monoisotopic (exact) mass is 482 g/mol. The van der Waals surface area contributed by atoms with Crippen LogP contribution in [0.25, 0.3) is 11.1 Å². The van der Waals surface area contributed by atoms with Crippen LogP contribution in [0.3, 0.4) is 0 Å². The van der Waals surface area contributed by atoms with Crippen LogP contribution in [-0.2, 0) is 9.47 Å². The Labute approximate surface area is 170 Å². The lowest BCUT2D eigenvalue weighted by molar-refractivity contribution is 0.0590. The van der Waals surface area contributed by atoms with E-state index in [4.69, 9.17) is 9.47 Å². The van der Waals surface area contributed by atoms with Crippen molar-refractivity contribution >= 4 is 43.8 Å². The van der Waals surface area contributed by atoms with Gasteiger partial charge in [0.2, 0.25) is 0 Å². The number of hydrogen-bond donors (Lipinski definition) is 0. The molecule has 0 unspecified atom stereocenters. The number of esters is 2. The summed E-state index contributed by atoms with van der Waals surface area (Å²) in [6, 6.07) is 10.9. The van der Waals surface area contributed by atoms with E-state index in [1.165, 1.54) is 14.2 Å². The number of benzene rings is 2. The minimum atomic E-state index is -0.456. The summed E-state index contributed by atoms with van der Waals surface area (Å²) in [5, 5.41) is 0. The van der Waals surface area contributed by atoms with Crippen LogP contribution in [0.1, 0.15) is 55.3 Å². The van der Waals surface area contributed by atoms with Gasteiger partial charge in [-0.25, -0.2) is 9.59 Å². The van der Waals surface area contributed by atoms with Crippen LogP contribution in [0.2, 0.25) is 0 Å². The van der Waals surface area contributed by atoms with Crippen molar-refractivity contribution < 1.29 is 19.1 Å². The first-order chi connectivity index (χ1) is 12.3. The van der Waals surface area contributed by atoms with Gasteiger partial charge in [0.1, 0.15) is 0 Å². The van der Waals surface area contributed by atoms with Gasteiger partial charge in [0.25, 0.3) is 0 Å². The van der Waals surface area contributed by atoms with Crippen LogP contribution in [-0.4, -0.2) is 26.2 Å². The molecular formula is C20H20Br2O4. The summed E-state index contributed by atoms with van der Waals surface area (Å²) >= 11 is 7.19. The van der Waals surface area contributed by atoms with Gasteiger partial charge in [0.05, 0.1) is 25.3 Å². The van der Waals surface area contributed by atoms with Gasteiger partial charge < -0.3 is 9.47 Å². The van der Waals surface area contributed by atoms with Crippen molar-refractivity contribution in [1.82, 2.24) is 0 Å². The van der Waals surface area contributed by atoms with E-state index in [0.29, 0.717) is 22.3 Å². The topological polar surface area (TPSA) is 52.6 Å². The molecule has 0 aromatic heterocycles. The first-order valence-electron chi connectivity index (χ1n) is 8.04. The normalized spacial score (nSPS) is 13.0. The Hall–Kier alpha value is -1.66. The van der Waals surface area contributed by atoms with Gasteiger partial charge >= 0.3 is 11.9 Å². The molecule has 138 valence electrons. The van der Waals surface area contributed by atoms with E-state index in [0.717, 1.165) is 11.1 Å². The molecule has 0 aliphatic heterocycles. The van der Waals surface area contributed by atoms with E-state index in [-0.39, 0.29) is 9.65 Å². The third kappa shape index (κ3) is 4.01. The molecule has 26 heavy (non-hydrogen) atoms. The minimum Gasteiger partial charge on any atom is -0.465 e. The highest BCUT2D eigenvalue weighted by molar-refractivity contribution is 9.09. The van der Waals surface area contributed by atoms with Gasteiger partial charge in [-0.3, -0.25) is 0 Å². The maximum Gasteiger partial charge on any atom is 0.338 e. The molecule has 0 saturated heterocycles. The van der Waals surface area contributed by atoms with Gasteiger partial charge in [-0.05, 0) is 37.1 Å². The number of hydrogen-bond acceptors (Lipinski definition) is 4. The molecule has 0 spiro atoms. The number of carbonyl (C=O) groups excluding carboxylic acids is 2. The zero-order valence-electron chi connectivity index (χ0n) is 15.0. The minimum absolute atomic E-state index is 0.0358. The smallest absolute Gasteiger partial charge is 0.338 e. The van der Waals surface area contributed by atoms with Gasteiger partial charge in [0.15, 0.2) is 0 Å². The van der Waals surface area contributed by atoms with Crippen LogP contribution in [0, 0.1) is 0 Å². The van der Waals surface area contributed by atoms with Crippen LogP contribution < -0.4 is 0 Å². The molecule has 0 heterocycles. The molecule has 0 N–H and O–H groups in total. The van der Waals surface area contributed by atoms with Crippen molar-refractivity contribution in [3.05, 3.63) is 58.7 Å². The number of ether oxygens (including phenoxy) is 2. The second kappa shape index (κ2) is 8.82. The fourth-order valence-corrected chi connectivity index (χ4v) is 3.68. The summed E-state index contributed by atoms with van der Waals surface area (Å²) in [4.78, 5) is 24.8. The highest BCUT2D eigenvalue weighted by atomic mass is 79.9. The molecule has 0 aliphatic carbocycles. The average Bonchev–Trinajstić information content (AvgIpc) is 2.65. The molecule has 4 nitrogen and oxygen atoms in total. The SMILES string of the molecule is COC(=O)c1cccc([C@H](C)Br)c1-c1c(C(=O)OC)cccc1[C@@H](C)Br. The standard InChI is InChI=1S/C20H20Br2O4/c1-11(21)13-7-5-9-15(19(23)25-3)17(13)18-14(12(2)22)8-6-10-16(18)20(24)26-4/h5-12H,1-4H3/t11-,12+. The van der Waals surface area contributed by atoms with Crippen molar-refractivity contribution in [2.75, 3.05) is 14.2 Å². The zero-order valence-corrected chi connectivity index (χ0v) is 18.2. The summed E-state index contributed by atoms with van der Waals surface area (Å²) in [5.41, 5.74) is 3.93. The molecular weight excluding hydrogens is 464 g/mol. The number of carbonyl (C=O) groups is 2. The Balaban J connectivity index is 2.99. The Bertz CT molecular complexity index is 759. The number of halogens is 2. The Kier molecular flexibility index (Phi) is 7.01. The van der Waals surface area contributed by atoms with E-state index in [2.05, 4.69) is 31.9 Å². The zero-order chi connectivity index (χ0) is 19.4. The fraction of sp³-hybridized carbons (Fsp3) is 0.300. The predicted octanol–water partition coefficient (Wildman–Crippen LogP) is 5.84. The quantitative estimate of drug-likeness (QED) is 0.396. The Morgan fingerprint density at radius 2 is 1.12 bits per heavy atom. The van der Waals surface area contributed by atoms with Gasteiger partial charge in [-0.2, -0.15) is 0 Å². The largest absolute Gasteiger partial charge is 0.465 e. The van der Waals surface area contributed by atoms with Crippen molar-refractivity contribution in [1.29, 1.82) is 0 Å². The van der Waals surface area contributed by atoms with E-state index in [1.807, 2.05) is 26.0 Å². The van der Waals surface area contributed by atoms with Crippen molar-refractivity contribution in [3.63, 3.8) is 0 Å². The summed E-state index contributed by atoms with van der Waals surface area (Å²) < 4.78 is 9.96. The third-order valence-electron chi connectivity index (χ3n) is 4.11. The summed E-state index contributed by atoms with van der Waals surface area (Å²) in [7, 11) is 2.69. The molecule has 0 radical (unpaired) electrons. The Morgan fingerprint density at radius 1 is 0.769 bits per heavy atom. The average molecular weight is 484 g/mol. The number of methoxy groups -OCH3 is 2. The molecule has 0 fully saturated rings. The van der Waals surface area contributed by atoms with E-state index in [1.54, 1.807) is 24.3 Å². The van der Waals surface area contributed by atoms with Crippen LogP contribution >= 0.6 is 31.9 Å². The third-order valence-corrected chi connectivity index (χ3v) is 5.10. The van der Waals surface area contributed by atoms with Crippen molar-refractivity contribution in [3.8, 4) is 11.1 Å². The lowest BCUT2D eigenvalue weighted by Crippen LogP contribution is -2.11. The summed E-state index contributed by atoms with van der Waals surface area (Å²) in [6.07, 6.45) is 0. The number of rotatable bonds is 5. The molecule has 0 amide bonds. The van der Waals surface area contributed by atoms with Crippen LogP contribution in [0.5, 0.6) is 0 Å². The maximum atomic E-state index is 12.4. The molecule has 0 saturated carbocycles. The first kappa shape index (κ1) is 20.6. The van der Waals surface area contributed by atoms with Gasteiger partial charge in [-0.15, -0.1) is 0 Å². The summed E-state index contributed by atoms with van der Waals surface area (Å²) in [6.45, 7) is 3.94. The van der Waals surface area contributed by atoms with Crippen molar-refractivity contribution in [2.24, 2.45) is 0 Å². The van der Waals surface area contributed by atoms with Crippen molar-refractivity contribution in [2.45, 2.75) is 23.5 Å². The lowest BCUT2D eigenvalue weighted by Gasteiger charge is -2.21. The van der Waals surface area contributed by atoms with Crippen LogP contribution in [0.4, 0.5) is 0 Å². The van der Waals surface area contributed by atoms with Gasteiger partial charge in [0, 0.05) is 20.8 Å². The van der Waals surface area contributed by atoms with Crippen LogP contribution in [0.15, 0.2) is 36.4 Å². The van der Waals surface area contributed by atoms with E-state index >= 15 is 0 Å². The highest BCUT2D eigenvalue weighted by Gasteiger charge is 2.26. The molecule has 2 atom stereocenters. The molecule has 2 aromatic rings. The second-order valence-corrected chi connectivity index (χ2v) is 8.50. The summed E-state index contributed by atoms with van der Waals surface area (Å²) in [5.74, 6) is -0.911. The number of alkyl halides is 2. The molecule has 0 aliphatic rings. The molecule has 0 bridgehead atoms. The molecule has 2 aromatic carbocycles. The predicted molar refractivity (Wildman–Crippen MR) is 109 cm³/mol. The van der Waals surface area contributed by atoms with E-state index < -0.39 is 11.9 Å². The highest BCUT2D eigenvalue weighted by Crippen LogP contribution is 2.42. The van der Waals surface area contributed by atoms with E-state index in [9.17, 15) is 9.59 Å². The fourth-order valence-electron chi connectivity index (χ4n) is 2.92. The Morgan fingerprint density at radius 3 is 1.38 bits per heavy atom. The molecule has 6 heteroatoms. The molecule has 2 rings (SSSR count). The first-order valence-corrected chi connectivity index (χ1v) is 9.87. The second-order valence-electron chi connectivity index (χ2n) is 5.75.